The first kappa shape index (κ1) is 15.4. The molecule has 1 amide bonds. The van der Waals surface area contributed by atoms with E-state index >= 15 is 0 Å². The van der Waals surface area contributed by atoms with Gasteiger partial charge in [0, 0.05) is 12.0 Å². The molecule has 3 atom stereocenters. The first-order valence-corrected chi connectivity index (χ1v) is 7.32. The number of hydrogen-bond acceptors (Lipinski definition) is 3. The van der Waals surface area contributed by atoms with Gasteiger partial charge in [-0.25, -0.2) is 4.79 Å². The van der Waals surface area contributed by atoms with Crippen molar-refractivity contribution in [2.24, 2.45) is 5.92 Å². The molecule has 0 bridgehead atoms. The van der Waals surface area contributed by atoms with E-state index < -0.39 is 17.9 Å². The maximum atomic E-state index is 11.7. The second-order valence-corrected chi connectivity index (χ2v) is 5.58. The van der Waals surface area contributed by atoms with Crippen LogP contribution < -0.4 is 5.32 Å². The molecule has 0 spiro atoms. The Kier molecular flexibility index (Phi) is 4.83. The van der Waals surface area contributed by atoms with Crippen LogP contribution in [0, 0.1) is 5.92 Å². The fourth-order valence-electron chi connectivity index (χ4n) is 2.30. The van der Waals surface area contributed by atoms with E-state index in [1.54, 1.807) is 6.08 Å². The molecular weight excluding hydrogens is 270 g/mol. The van der Waals surface area contributed by atoms with E-state index in [1.165, 1.54) is 6.08 Å². The molecule has 21 heavy (non-hydrogen) atoms. The monoisotopic (exact) mass is 291 g/mol. The Bertz CT molecular complexity index is 546. The van der Waals surface area contributed by atoms with Crippen LogP contribution in [0.4, 0.5) is 0 Å². The second-order valence-electron chi connectivity index (χ2n) is 5.58. The van der Waals surface area contributed by atoms with Crippen LogP contribution in [0.5, 0.6) is 0 Å². The molecule has 114 valence electrons. The van der Waals surface area contributed by atoms with Gasteiger partial charge in [0.05, 0.1) is 0 Å². The molecule has 5 nitrogen and oxygen atoms in total. The SMILES string of the molecule is CCCC(NC(=O)/C=C/c1ccc(C2CC2C)o1)C(=O)O. The lowest BCUT2D eigenvalue weighted by molar-refractivity contribution is -0.141. The zero-order valence-electron chi connectivity index (χ0n) is 12.3. The third-order valence-corrected chi connectivity index (χ3v) is 3.71. The van der Waals surface area contributed by atoms with Crippen molar-refractivity contribution in [2.75, 3.05) is 0 Å². The number of aliphatic carboxylic acids is 1. The van der Waals surface area contributed by atoms with E-state index in [-0.39, 0.29) is 0 Å². The molecule has 0 radical (unpaired) electrons. The van der Waals surface area contributed by atoms with Crippen molar-refractivity contribution in [1.29, 1.82) is 0 Å². The lowest BCUT2D eigenvalue weighted by Gasteiger charge is -2.11. The summed E-state index contributed by atoms with van der Waals surface area (Å²) in [7, 11) is 0. The predicted octanol–water partition coefficient (Wildman–Crippen LogP) is 2.79. The Balaban J connectivity index is 1.89. The van der Waals surface area contributed by atoms with E-state index in [9.17, 15) is 9.59 Å². The molecular formula is C16H21NO4. The highest BCUT2D eigenvalue weighted by Gasteiger charge is 2.36. The summed E-state index contributed by atoms with van der Waals surface area (Å²) < 4.78 is 5.65. The van der Waals surface area contributed by atoms with Gasteiger partial charge in [0.2, 0.25) is 5.91 Å². The minimum Gasteiger partial charge on any atom is -0.480 e. The molecule has 3 unspecified atom stereocenters. The third kappa shape index (κ3) is 4.21. The highest BCUT2D eigenvalue weighted by molar-refractivity contribution is 5.94. The van der Waals surface area contributed by atoms with Gasteiger partial charge in [-0.05, 0) is 37.0 Å². The minimum atomic E-state index is -1.01. The van der Waals surface area contributed by atoms with Crippen LogP contribution in [0.15, 0.2) is 22.6 Å². The highest BCUT2D eigenvalue weighted by Crippen LogP contribution is 2.47. The van der Waals surface area contributed by atoms with Crippen molar-refractivity contribution in [1.82, 2.24) is 5.32 Å². The molecule has 1 saturated carbocycles. The number of carboxylic acid groups (broad SMARTS) is 1. The first-order valence-electron chi connectivity index (χ1n) is 7.32. The van der Waals surface area contributed by atoms with Crippen LogP contribution in [0.3, 0.4) is 0 Å². The average molecular weight is 291 g/mol. The van der Waals surface area contributed by atoms with Crippen LogP contribution in [0.2, 0.25) is 0 Å². The Labute approximate surface area is 124 Å². The second kappa shape index (κ2) is 6.61. The fraction of sp³-hybridized carbons (Fsp3) is 0.500. The summed E-state index contributed by atoms with van der Waals surface area (Å²) in [6.45, 7) is 4.05. The molecule has 0 saturated heterocycles. The van der Waals surface area contributed by atoms with E-state index in [0.717, 1.165) is 12.2 Å². The Morgan fingerprint density at radius 2 is 2.24 bits per heavy atom. The normalized spacial score (nSPS) is 22.2. The van der Waals surface area contributed by atoms with Gasteiger partial charge in [0.15, 0.2) is 0 Å². The summed E-state index contributed by atoms with van der Waals surface area (Å²) in [6, 6.07) is 2.92. The molecule has 2 rings (SSSR count). The van der Waals surface area contributed by atoms with Gasteiger partial charge in [-0.2, -0.15) is 0 Å². The summed E-state index contributed by atoms with van der Waals surface area (Å²) in [5, 5.41) is 11.4. The standard InChI is InChI=1S/C16H21NO4/c1-3-4-13(16(19)20)17-15(18)8-6-11-5-7-14(21-11)12-9-10(12)2/h5-8,10,12-13H,3-4,9H2,1-2H3,(H,17,18)(H,19,20)/b8-6+. The predicted molar refractivity (Wildman–Crippen MR) is 78.7 cm³/mol. The smallest absolute Gasteiger partial charge is 0.326 e. The molecule has 1 fully saturated rings. The zero-order chi connectivity index (χ0) is 15.4. The molecule has 1 aliphatic rings. The van der Waals surface area contributed by atoms with Crippen LogP contribution in [0.25, 0.3) is 6.08 Å². The molecule has 1 heterocycles. The maximum absolute atomic E-state index is 11.7. The number of amides is 1. The Morgan fingerprint density at radius 1 is 1.52 bits per heavy atom. The van der Waals surface area contributed by atoms with Gasteiger partial charge in [-0.1, -0.05) is 20.3 Å². The quantitative estimate of drug-likeness (QED) is 0.757. The first-order chi connectivity index (χ1) is 10.0. The third-order valence-electron chi connectivity index (χ3n) is 3.71. The van der Waals surface area contributed by atoms with Crippen LogP contribution >= 0.6 is 0 Å². The van der Waals surface area contributed by atoms with E-state index in [1.807, 2.05) is 19.1 Å². The van der Waals surface area contributed by atoms with Crippen LogP contribution in [0.1, 0.15) is 50.5 Å². The van der Waals surface area contributed by atoms with Crippen LogP contribution in [-0.4, -0.2) is 23.0 Å². The van der Waals surface area contributed by atoms with Crippen molar-refractivity contribution in [2.45, 2.75) is 45.1 Å². The van der Waals surface area contributed by atoms with Gasteiger partial charge in [0.25, 0.3) is 0 Å². The number of furan rings is 1. The van der Waals surface area contributed by atoms with E-state index in [0.29, 0.717) is 30.4 Å². The van der Waals surface area contributed by atoms with Gasteiger partial charge in [0.1, 0.15) is 17.6 Å². The number of carbonyl (C=O) groups excluding carboxylic acids is 1. The van der Waals surface area contributed by atoms with Crippen molar-refractivity contribution in [3.8, 4) is 0 Å². The topological polar surface area (TPSA) is 79.5 Å². The Morgan fingerprint density at radius 3 is 2.81 bits per heavy atom. The molecule has 0 aliphatic heterocycles. The lowest BCUT2D eigenvalue weighted by Crippen LogP contribution is -2.39. The molecule has 1 aromatic rings. The van der Waals surface area contributed by atoms with Crippen molar-refractivity contribution in [3.05, 3.63) is 29.7 Å². The Hall–Kier alpha value is -2.04. The van der Waals surface area contributed by atoms with Crippen molar-refractivity contribution >= 4 is 18.0 Å². The van der Waals surface area contributed by atoms with E-state index in [4.69, 9.17) is 9.52 Å². The molecule has 0 aromatic carbocycles. The summed E-state index contributed by atoms with van der Waals surface area (Å²) >= 11 is 0. The highest BCUT2D eigenvalue weighted by atomic mass is 16.4. The summed E-state index contributed by atoms with van der Waals surface area (Å²) in [5.41, 5.74) is 0. The van der Waals surface area contributed by atoms with Gasteiger partial charge in [-0.3, -0.25) is 4.79 Å². The van der Waals surface area contributed by atoms with Gasteiger partial charge >= 0.3 is 5.97 Å². The van der Waals surface area contributed by atoms with Gasteiger partial charge < -0.3 is 14.8 Å². The number of nitrogens with one attached hydrogen (secondary N) is 1. The molecule has 5 heteroatoms. The minimum absolute atomic E-state index is 0.416. The molecule has 1 aliphatic carbocycles. The fourth-order valence-corrected chi connectivity index (χ4v) is 2.30. The van der Waals surface area contributed by atoms with E-state index in [2.05, 4.69) is 12.2 Å². The largest absolute Gasteiger partial charge is 0.480 e. The lowest BCUT2D eigenvalue weighted by atomic mass is 10.1. The number of carboxylic acids is 1. The maximum Gasteiger partial charge on any atom is 0.326 e. The summed E-state index contributed by atoms with van der Waals surface area (Å²) in [6.07, 6.45) is 5.14. The average Bonchev–Trinajstić information content (AvgIpc) is 2.99. The molecule has 2 N–H and O–H groups in total. The van der Waals surface area contributed by atoms with Crippen molar-refractivity contribution in [3.63, 3.8) is 0 Å². The van der Waals surface area contributed by atoms with Gasteiger partial charge in [-0.15, -0.1) is 0 Å². The number of carbonyl (C=O) groups is 2. The van der Waals surface area contributed by atoms with Crippen molar-refractivity contribution < 1.29 is 19.1 Å². The summed E-state index contributed by atoms with van der Waals surface area (Å²) in [5.74, 6) is 1.30. The number of rotatable bonds is 7. The zero-order valence-corrected chi connectivity index (χ0v) is 12.3. The van der Waals surface area contributed by atoms with Crippen LogP contribution in [-0.2, 0) is 9.59 Å². The number of hydrogen-bond donors (Lipinski definition) is 2. The summed E-state index contributed by atoms with van der Waals surface area (Å²) in [4.78, 5) is 22.7. The molecule has 1 aromatic heterocycles.